The van der Waals surface area contributed by atoms with Gasteiger partial charge in [0.15, 0.2) is 5.82 Å². The normalized spacial score (nSPS) is 12.7. The molecule has 11 rings (SSSR count). The van der Waals surface area contributed by atoms with Crippen LogP contribution < -0.4 is 0 Å². The third kappa shape index (κ3) is 4.98. The van der Waals surface area contributed by atoms with E-state index in [1.165, 1.54) is 33.4 Å². The Kier molecular flexibility index (Phi) is 7.45. The van der Waals surface area contributed by atoms with Crippen LogP contribution in [0.3, 0.4) is 0 Å². The Labute approximate surface area is 331 Å². The van der Waals surface area contributed by atoms with Gasteiger partial charge in [-0.05, 0) is 91.0 Å². The molecule has 57 heavy (non-hydrogen) atoms. The Hall–Kier alpha value is -7.67. The first-order valence-electron chi connectivity index (χ1n) is 19.3. The van der Waals surface area contributed by atoms with Crippen LogP contribution in [0.25, 0.3) is 78.4 Å². The highest BCUT2D eigenvalue weighted by Gasteiger charge is 2.52. The van der Waals surface area contributed by atoms with E-state index < -0.39 is 5.41 Å². The van der Waals surface area contributed by atoms with E-state index >= 15 is 0 Å². The van der Waals surface area contributed by atoms with Crippen LogP contribution in [0, 0.1) is 11.3 Å². The Morgan fingerprint density at radius 2 is 0.895 bits per heavy atom. The summed E-state index contributed by atoms with van der Waals surface area (Å²) in [5.41, 5.74) is 19.0. The van der Waals surface area contributed by atoms with Crippen molar-refractivity contribution in [2.45, 2.75) is 5.41 Å². The molecule has 0 aliphatic heterocycles. The topological polar surface area (TPSA) is 49.6 Å². The Balaban J connectivity index is 1.16. The molecule has 1 aromatic heterocycles. The molecule has 3 heteroatoms. The summed E-state index contributed by atoms with van der Waals surface area (Å²) < 4.78 is 0. The van der Waals surface area contributed by atoms with Gasteiger partial charge in [-0.15, -0.1) is 0 Å². The van der Waals surface area contributed by atoms with Crippen LogP contribution in [0.1, 0.15) is 27.8 Å². The van der Waals surface area contributed by atoms with E-state index in [-0.39, 0.29) is 0 Å². The Morgan fingerprint density at radius 3 is 1.61 bits per heavy atom. The van der Waals surface area contributed by atoms with Gasteiger partial charge in [-0.25, -0.2) is 9.97 Å². The highest BCUT2D eigenvalue weighted by atomic mass is 14.9. The predicted octanol–water partition coefficient (Wildman–Crippen LogP) is 13.0. The van der Waals surface area contributed by atoms with Crippen molar-refractivity contribution in [2.75, 3.05) is 0 Å². The molecule has 3 nitrogen and oxygen atoms in total. The minimum Gasteiger partial charge on any atom is -0.228 e. The first-order valence-corrected chi connectivity index (χ1v) is 19.3. The smallest absolute Gasteiger partial charge is 0.160 e. The van der Waals surface area contributed by atoms with Gasteiger partial charge in [-0.1, -0.05) is 176 Å². The van der Waals surface area contributed by atoms with Crippen LogP contribution in [0.4, 0.5) is 0 Å². The van der Waals surface area contributed by atoms with E-state index in [1.807, 2.05) is 30.3 Å². The molecule has 9 aromatic rings. The first kappa shape index (κ1) is 32.7. The average Bonchev–Trinajstić information content (AvgIpc) is 3.76. The van der Waals surface area contributed by atoms with E-state index in [9.17, 15) is 5.26 Å². The van der Waals surface area contributed by atoms with Gasteiger partial charge < -0.3 is 0 Å². The van der Waals surface area contributed by atoms with Crippen molar-refractivity contribution >= 4 is 0 Å². The lowest BCUT2D eigenvalue weighted by atomic mass is 9.70. The van der Waals surface area contributed by atoms with Crippen LogP contribution in [-0.2, 0) is 5.41 Å². The summed E-state index contributed by atoms with van der Waals surface area (Å²) in [6, 6.07) is 73.0. The summed E-state index contributed by atoms with van der Waals surface area (Å²) >= 11 is 0. The molecular formula is C54H33N3. The molecule has 0 unspecified atom stereocenters. The van der Waals surface area contributed by atoms with E-state index in [0.29, 0.717) is 11.4 Å². The molecule has 0 N–H and O–H groups in total. The van der Waals surface area contributed by atoms with Gasteiger partial charge in [0, 0.05) is 16.7 Å². The van der Waals surface area contributed by atoms with Crippen molar-refractivity contribution < 1.29 is 0 Å². The molecule has 2 aliphatic rings. The SMILES string of the molecule is N#Cc1ccc2c(c1)C1(c3ccccc3-c3ccccc31)c1cccc(-c3ccccc3-c3cc(-c4cccc(-c5ccccc5)c4)nc(-c4ccccc4)n3)c1-2. The van der Waals surface area contributed by atoms with Crippen molar-refractivity contribution in [3.8, 4) is 84.5 Å². The minimum atomic E-state index is -0.567. The van der Waals surface area contributed by atoms with Gasteiger partial charge in [0.2, 0.25) is 0 Å². The van der Waals surface area contributed by atoms with Crippen molar-refractivity contribution in [3.05, 3.63) is 228 Å². The molecule has 0 amide bonds. The maximum atomic E-state index is 10.2. The molecule has 0 radical (unpaired) electrons. The Bertz CT molecular complexity index is 3040. The van der Waals surface area contributed by atoms with Crippen LogP contribution in [-0.4, -0.2) is 9.97 Å². The van der Waals surface area contributed by atoms with Crippen LogP contribution in [0.15, 0.2) is 200 Å². The molecule has 8 aromatic carbocycles. The standard InChI is InChI=1S/C54H33N3/c55-34-35-29-30-45-49(31-35)54(46-26-11-9-22-41(46)42-23-10-12-27-47(42)54)48-28-14-25-44(52(45)48)40-21-7-8-24-43(40)51-33-50(56-53(57-51)37-17-5-2-6-18-37)39-20-13-19-38(32-39)36-15-3-1-4-16-36/h1-33H. The molecule has 0 fully saturated rings. The number of nitrogens with zero attached hydrogens (tertiary/aromatic N) is 3. The Morgan fingerprint density at radius 1 is 0.351 bits per heavy atom. The minimum absolute atomic E-state index is 0.567. The zero-order valence-corrected chi connectivity index (χ0v) is 30.9. The lowest BCUT2D eigenvalue weighted by Crippen LogP contribution is -2.26. The quantitative estimate of drug-likeness (QED) is 0.178. The summed E-state index contributed by atoms with van der Waals surface area (Å²) in [5.74, 6) is 0.675. The number of rotatable bonds is 5. The maximum absolute atomic E-state index is 10.2. The number of fused-ring (bicyclic) bond motifs is 10. The van der Waals surface area contributed by atoms with Crippen LogP contribution in [0.2, 0.25) is 0 Å². The molecule has 264 valence electrons. The fraction of sp³-hybridized carbons (Fsp3) is 0.0185. The molecule has 1 heterocycles. The second-order valence-corrected chi connectivity index (χ2v) is 14.8. The molecule has 0 atom stereocenters. The molecule has 0 saturated heterocycles. The van der Waals surface area contributed by atoms with Crippen molar-refractivity contribution in [2.24, 2.45) is 0 Å². The highest BCUT2D eigenvalue weighted by molar-refractivity contribution is 6.02. The van der Waals surface area contributed by atoms with E-state index in [4.69, 9.17) is 9.97 Å². The number of benzene rings is 8. The molecule has 0 bridgehead atoms. The summed E-state index contributed by atoms with van der Waals surface area (Å²) in [7, 11) is 0. The van der Waals surface area contributed by atoms with Crippen molar-refractivity contribution in [1.82, 2.24) is 9.97 Å². The van der Waals surface area contributed by atoms with E-state index in [0.717, 1.165) is 61.5 Å². The summed E-state index contributed by atoms with van der Waals surface area (Å²) in [6.45, 7) is 0. The fourth-order valence-corrected chi connectivity index (χ4v) is 9.36. The third-order valence-electron chi connectivity index (χ3n) is 11.8. The first-order chi connectivity index (χ1) is 28.2. The lowest BCUT2D eigenvalue weighted by Gasteiger charge is -2.30. The molecule has 2 aliphatic carbocycles. The second-order valence-electron chi connectivity index (χ2n) is 14.8. The van der Waals surface area contributed by atoms with Crippen LogP contribution in [0.5, 0.6) is 0 Å². The predicted molar refractivity (Wildman–Crippen MR) is 230 cm³/mol. The van der Waals surface area contributed by atoms with Crippen LogP contribution >= 0.6 is 0 Å². The van der Waals surface area contributed by atoms with Gasteiger partial charge in [0.1, 0.15) is 0 Å². The maximum Gasteiger partial charge on any atom is 0.160 e. The molecule has 1 spiro atoms. The molecule has 0 saturated carbocycles. The largest absolute Gasteiger partial charge is 0.228 e. The summed E-state index contributed by atoms with van der Waals surface area (Å²) in [4.78, 5) is 10.5. The third-order valence-corrected chi connectivity index (χ3v) is 11.8. The highest BCUT2D eigenvalue weighted by Crippen LogP contribution is 2.64. The van der Waals surface area contributed by atoms with Gasteiger partial charge >= 0.3 is 0 Å². The molecular weight excluding hydrogens is 691 g/mol. The van der Waals surface area contributed by atoms with Gasteiger partial charge in [0.05, 0.1) is 28.4 Å². The van der Waals surface area contributed by atoms with Crippen molar-refractivity contribution in [3.63, 3.8) is 0 Å². The number of hydrogen-bond donors (Lipinski definition) is 0. The number of hydrogen-bond acceptors (Lipinski definition) is 3. The van der Waals surface area contributed by atoms with Gasteiger partial charge in [-0.2, -0.15) is 5.26 Å². The van der Waals surface area contributed by atoms with E-state index in [1.54, 1.807) is 0 Å². The lowest BCUT2D eigenvalue weighted by molar-refractivity contribution is 0.793. The number of nitriles is 1. The van der Waals surface area contributed by atoms with Gasteiger partial charge in [0.25, 0.3) is 0 Å². The van der Waals surface area contributed by atoms with Gasteiger partial charge in [-0.3, -0.25) is 0 Å². The zero-order chi connectivity index (χ0) is 37.9. The zero-order valence-electron chi connectivity index (χ0n) is 30.9. The monoisotopic (exact) mass is 723 g/mol. The number of aromatic nitrogens is 2. The summed E-state index contributed by atoms with van der Waals surface area (Å²) in [6.07, 6.45) is 0. The summed E-state index contributed by atoms with van der Waals surface area (Å²) in [5, 5.41) is 10.2. The van der Waals surface area contributed by atoms with Crippen molar-refractivity contribution in [1.29, 1.82) is 5.26 Å². The fourth-order valence-electron chi connectivity index (χ4n) is 9.36. The average molecular weight is 724 g/mol. The second kappa shape index (κ2) is 13.0. The van der Waals surface area contributed by atoms with E-state index in [2.05, 4.69) is 176 Å².